The summed E-state index contributed by atoms with van der Waals surface area (Å²) < 4.78 is 26.6. The molecule has 0 aromatic carbocycles. The Kier molecular flexibility index (Phi) is 3.72. The predicted molar refractivity (Wildman–Crippen MR) is 69.4 cm³/mol. The number of sulfonamides is 1. The molecule has 2 heterocycles. The van der Waals surface area contributed by atoms with Gasteiger partial charge in [-0.25, -0.2) is 23.1 Å². The number of nitrogens with one attached hydrogen (secondary N) is 1. The van der Waals surface area contributed by atoms with Gasteiger partial charge in [-0.2, -0.15) is 0 Å². The van der Waals surface area contributed by atoms with Gasteiger partial charge in [0.1, 0.15) is 4.90 Å². The van der Waals surface area contributed by atoms with Crippen molar-refractivity contribution >= 4 is 16.0 Å². The Morgan fingerprint density at radius 3 is 2.47 bits per heavy atom. The number of rotatable bonds is 4. The number of pyridine rings is 1. The van der Waals surface area contributed by atoms with Crippen LogP contribution in [-0.2, 0) is 10.0 Å². The summed E-state index contributed by atoms with van der Waals surface area (Å²) in [4.78, 5) is 11.4. The van der Waals surface area contributed by atoms with Crippen LogP contribution in [0.3, 0.4) is 0 Å². The van der Waals surface area contributed by atoms with E-state index in [9.17, 15) is 8.42 Å². The topological polar surface area (TPSA) is 111 Å². The fourth-order valence-corrected chi connectivity index (χ4v) is 2.56. The Balaban J connectivity index is 2.20. The Morgan fingerprint density at radius 1 is 1.21 bits per heavy atom. The van der Waals surface area contributed by atoms with Crippen molar-refractivity contribution < 1.29 is 8.42 Å². The molecular formula is C11H13N5O2S. The molecule has 1 atom stereocenters. The molecule has 0 aliphatic heterocycles. The summed E-state index contributed by atoms with van der Waals surface area (Å²) in [6.07, 6.45) is 3.93. The van der Waals surface area contributed by atoms with Crippen LogP contribution in [0.2, 0.25) is 0 Å². The maximum Gasteiger partial charge on any atom is 0.244 e. The molecule has 2 aromatic rings. The normalized spacial score (nSPS) is 13.1. The molecule has 100 valence electrons. The quantitative estimate of drug-likeness (QED) is 0.842. The van der Waals surface area contributed by atoms with Crippen molar-refractivity contribution in [3.05, 3.63) is 42.5 Å². The monoisotopic (exact) mass is 279 g/mol. The van der Waals surface area contributed by atoms with Crippen LogP contribution in [-0.4, -0.2) is 23.4 Å². The van der Waals surface area contributed by atoms with Crippen LogP contribution in [0.5, 0.6) is 0 Å². The molecule has 0 fully saturated rings. The van der Waals surface area contributed by atoms with E-state index in [4.69, 9.17) is 5.73 Å². The average molecular weight is 279 g/mol. The van der Waals surface area contributed by atoms with Gasteiger partial charge in [-0.15, -0.1) is 0 Å². The lowest BCUT2D eigenvalue weighted by molar-refractivity contribution is 0.563. The molecule has 3 N–H and O–H groups in total. The maximum atomic E-state index is 12.1. The van der Waals surface area contributed by atoms with E-state index >= 15 is 0 Å². The first kappa shape index (κ1) is 13.4. The summed E-state index contributed by atoms with van der Waals surface area (Å²) in [5.41, 5.74) is 5.94. The van der Waals surface area contributed by atoms with Gasteiger partial charge >= 0.3 is 0 Å². The van der Waals surface area contributed by atoms with Gasteiger partial charge in [-0.05, 0) is 19.1 Å². The number of hydrogen-bond donors (Lipinski definition) is 2. The highest BCUT2D eigenvalue weighted by Crippen LogP contribution is 2.13. The first-order valence-corrected chi connectivity index (χ1v) is 6.98. The van der Waals surface area contributed by atoms with E-state index in [0.29, 0.717) is 5.69 Å². The lowest BCUT2D eigenvalue weighted by atomic mass is 10.2. The predicted octanol–water partition coefficient (Wildman–Crippen LogP) is 0.493. The number of nitrogens with two attached hydrogens (primary N) is 1. The zero-order valence-corrected chi connectivity index (χ0v) is 11.0. The van der Waals surface area contributed by atoms with E-state index in [-0.39, 0.29) is 10.8 Å². The summed E-state index contributed by atoms with van der Waals surface area (Å²) in [5.74, 6) is 0.0247. The largest absolute Gasteiger partial charge is 0.368 e. The van der Waals surface area contributed by atoms with Crippen molar-refractivity contribution in [3.63, 3.8) is 0 Å². The number of nitrogens with zero attached hydrogens (tertiary/aromatic N) is 3. The first-order valence-electron chi connectivity index (χ1n) is 5.50. The second kappa shape index (κ2) is 5.29. The van der Waals surface area contributed by atoms with E-state index in [2.05, 4.69) is 19.7 Å². The average Bonchev–Trinajstić information content (AvgIpc) is 2.40. The molecule has 2 rings (SSSR count). The van der Waals surface area contributed by atoms with Crippen molar-refractivity contribution in [1.82, 2.24) is 19.7 Å². The SMILES string of the molecule is CC(NS(=O)(=O)c1cnc(N)nc1)c1ccccn1. The molecule has 0 aliphatic carbocycles. The summed E-state index contributed by atoms with van der Waals surface area (Å²) >= 11 is 0. The maximum absolute atomic E-state index is 12.1. The molecule has 0 amide bonds. The van der Waals surface area contributed by atoms with E-state index in [1.807, 2.05) is 0 Å². The summed E-state index contributed by atoms with van der Waals surface area (Å²) in [6.45, 7) is 1.71. The minimum atomic E-state index is -3.69. The smallest absolute Gasteiger partial charge is 0.244 e. The van der Waals surface area contributed by atoms with Gasteiger partial charge in [0.2, 0.25) is 16.0 Å². The van der Waals surface area contributed by atoms with Gasteiger partial charge in [0.25, 0.3) is 0 Å². The molecule has 0 saturated carbocycles. The van der Waals surface area contributed by atoms with Gasteiger partial charge in [-0.1, -0.05) is 6.07 Å². The van der Waals surface area contributed by atoms with Crippen LogP contribution < -0.4 is 10.5 Å². The fourth-order valence-electron chi connectivity index (χ4n) is 1.46. The van der Waals surface area contributed by atoms with Gasteiger partial charge in [0, 0.05) is 6.20 Å². The molecule has 7 nitrogen and oxygen atoms in total. The lowest BCUT2D eigenvalue weighted by Gasteiger charge is -2.13. The fraction of sp³-hybridized carbons (Fsp3) is 0.182. The van der Waals surface area contributed by atoms with E-state index in [1.165, 1.54) is 0 Å². The Hall–Kier alpha value is -2.06. The van der Waals surface area contributed by atoms with Crippen molar-refractivity contribution in [1.29, 1.82) is 0 Å². The highest BCUT2D eigenvalue weighted by molar-refractivity contribution is 7.89. The van der Waals surface area contributed by atoms with E-state index < -0.39 is 16.1 Å². The van der Waals surface area contributed by atoms with Crippen LogP contribution in [0.15, 0.2) is 41.7 Å². The highest BCUT2D eigenvalue weighted by Gasteiger charge is 2.19. The number of aromatic nitrogens is 3. The Bertz CT molecular complexity index is 643. The minimum absolute atomic E-state index is 0.0247. The standard InChI is InChI=1S/C11H13N5O2S/c1-8(10-4-2-3-5-13-10)16-19(17,18)9-6-14-11(12)15-7-9/h2-8,16H,1H3,(H2,12,14,15). The minimum Gasteiger partial charge on any atom is -0.368 e. The van der Waals surface area contributed by atoms with E-state index in [1.54, 1.807) is 31.3 Å². The van der Waals surface area contributed by atoms with E-state index in [0.717, 1.165) is 12.4 Å². The van der Waals surface area contributed by atoms with Crippen LogP contribution in [0.25, 0.3) is 0 Å². The summed E-state index contributed by atoms with van der Waals surface area (Å²) in [6, 6.07) is 4.84. The highest BCUT2D eigenvalue weighted by atomic mass is 32.2. The van der Waals surface area contributed by atoms with Crippen molar-refractivity contribution in [2.24, 2.45) is 0 Å². The second-order valence-electron chi connectivity index (χ2n) is 3.87. The van der Waals surface area contributed by atoms with Gasteiger partial charge in [0.05, 0.1) is 24.1 Å². The molecule has 0 bridgehead atoms. The molecule has 0 aliphatic rings. The zero-order valence-electron chi connectivity index (χ0n) is 10.2. The number of hydrogen-bond acceptors (Lipinski definition) is 6. The molecule has 19 heavy (non-hydrogen) atoms. The summed E-state index contributed by atoms with van der Waals surface area (Å²) in [7, 11) is -3.69. The number of nitrogen functional groups attached to an aromatic ring is 1. The van der Waals surface area contributed by atoms with Crippen LogP contribution >= 0.6 is 0 Å². The van der Waals surface area contributed by atoms with Crippen LogP contribution in [0.1, 0.15) is 18.7 Å². The molecule has 0 saturated heterocycles. The summed E-state index contributed by atoms with van der Waals surface area (Å²) in [5, 5.41) is 0. The molecule has 2 aromatic heterocycles. The molecule has 8 heteroatoms. The second-order valence-corrected chi connectivity index (χ2v) is 5.59. The molecular weight excluding hydrogens is 266 g/mol. The number of anilines is 1. The Labute approximate surface area is 111 Å². The zero-order chi connectivity index (χ0) is 13.9. The van der Waals surface area contributed by atoms with Gasteiger partial charge in [-0.3, -0.25) is 4.98 Å². The lowest BCUT2D eigenvalue weighted by Crippen LogP contribution is -2.27. The first-order chi connectivity index (χ1) is 8.99. The van der Waals surface area contributed by atoms with Crippen molar-refractivity contribution in [3.8, 4) is 0 Å². The van der Waals surface area contributed by atoms with Crippen molar-refractivity contribution in [2.75, 3.05) is 5.73 Å². The third kappa shape index (κ3) is 3.24. The van der Waals surface area contributed by atoms with Crippen LogP contribution in [0, 0.1) is 0 Å². The molecule has 0 spiro atoms. The molecule has 0 radical (unpaired) electrons. The Morgan fingerprint density at radius 2 is 1.89 bits per heavy atom. The van der Waals surface area contributed by atoms with Crippen molar-refractivity contribution in [2.45, 2.75) is 17.9 Å². The van der Waals surface area contributed by atoms with Gasteiger partial charge in [0.15, 0.2) is 0 Å². The van der Waals surface area contributed by atoms with Crippen LogP contribution in [0.4, 0.5) is 5.95 Å². The molecule has 1 unspecified atom stereocenters. The van der Waals surface area contributed by atoms with Gasteiger partial charge < -0.3 is 5.73 Å². The third-order valence-corrected chi connectivity index (χ3v) is 3.92. The third-order valence-electron chi connectivity index (χ3n) is 2.42.